The highest BCUT2D eigenvalue weighted by Crippen LogP contribution is 2.20. The highest BCUT2D eigenvalue weighted by molar-refractivity contribution is 5.91. The molecule has 1 N–H and O–H groups in total. The SMILES string of the molecule is C=COc1ccc2cc(C(=O)O)c(=O)oc2c1. The lowest BCUT2D eigenvalue weighted by Crippen LogP contribution is -2.12. The minimum Gasteiger partial charge on any atom is -0.477 e. The van der Waals surface area contributed by atoms with Crippen LogP contribution in [0.1, 0.15) is 10.4 Å². The Bertz CT molecular complexity index is 653. The van der Waals surface area contributed by atoms with Crippen molar-refractivity contribution in [1.29, 1.82) is 0 Å². The van der Waals surface area contributed by atoms with Crippen LogP contribution in [0.5, 0.6) is 5.75 Å². The maximum absolute atomic E-state index is 11.3. The summed E-state index contributed by atoms with van der Waals surface area (Å²) in [6, 6.07) is 5.98. The van der Waals surface area contributed by atoms with E-state index in [0.29, 0.717) is 11.1 Å². The molecule has 1 aromatic carbocycles. The van der Waals surface area contributed by atoms with Crippen LogP contribution in [0.4, 0.5) is 0 Å². The molecule has 5 nitrogen and oxygen atoms in total. The molecule has 0 fully saturated rings. The molecule has 0 bridgehead atoms. The molecule has 0 radical (unpaired) electrons. The van der Waals surface area contributed by atoms with Crippen molar-refractivity contribution < 1.29 is 19.1 Å². The Hall–Kier alpha value is -2.56. The topological polar surface area (TPSA) is 76.7 Å². The van der Waals surface area contributed by atoms with Gasteiger partial charge in [0.25, 0.3) is 0 Å². The van der Waals surface area contributed by atoms with E-state index in [2.05, 4.69) is 6.58 Å². The van der Waals surface area contributed by atoms with Crippen LogP contribution in [0.25, 0.3) is 11.0 Å². The average Bonchev–Trinajstić information content (AvgIpc) is 2.28. The monoisotopic (exact) mass is 232 g/mol. The van der Waals surface area contributed by atoms with Gasteiger partial charge in [0.1, 0.15) is 16.9 Å². The molecule has 0 saturated heterocycles. The van der Waals surface area contributed by atoms with E-state index in [0.717, 1.165) is 0 Å². The summed E-state index contributed by atoms with van der Waals surface area (Å²) in [7, 11) is 0. The largest absolute Gasteiger partial charge is 0.477 e. The zero-order valence-electron chi connectivity index (χ0n) is 8.67. The first-order valence-corrected chi connectivity index (χ1v) is 4.70. The van der Waals surface area contributed by atoms with E-state index in [9.17, 15) is 9.59 Å². The van der Waals surface area contributed by atoms with Crippen LogP contribution in [0.2, 0.25) is 0 Å². The van der Waals surface area contributed by atoms with Crippen molar-refractivity contribution >= 4 is 16.9 Å². The Labute approximate surface area is 95.6 Å². The number of aromatic carboxylic acids is 1. The van der Waals surface area contributed by atoms with Crippen LogP contribution in [-0.4, -0.2) is 11.1 Å². The Morgan fingerprint density at radius 2 is 2.18 bits per heavy atom. The maximum atomic E-state index is 11.3. The molecular weight excluding hydrogens is 224 g/mol. The third-order valence-electron chi connectivity index (χ3n) is 2.16. The van der Waals surface area contributed by atoms with Crippen LogP contribution in [0, 0.1) is 0 Å². The smallest absolute Gasteiger partial charge is 0.351 e. The molecule has 0 spiro atoms. The Balaban J connectivity index is 2.66. The molecule has 5 heteroatoms. The van der Waals surface area contributed by atoms with Gasteiger partial charge >= 0.3 is 11.6 Å². The lowest BCUT2D eigenvalue weighted by Gasteiger charge is -2.02. The molecule has 0 amide bonds. The predicted octanol–water partition coefficient (Wildman–Crippen LogP) is 2.01. The van der Waals surface area contributed by atoms with Gasteiger partial charge in [-0.2, -0.15) is 0 Å². The van der Waals surface area contributed by atoms with Gasteiger partial charge in [0.2, 0.25) is 0 Å². The van der Waals surface area contributed by atoms with E-state index in [1.807, 2.05) is 0 Å². The van der Waals surface area contributed by atoms with Gasteiger partial charge in [-0.1, -0.05) is 6.58 Å². The number of carboxylic acid groups (broad SMARTS) is 1. The van der Waals surface area contributed by atoms with Gasteiger partial charge in [0, 0.05) is 11.5 Å². The van der Waals surface area contributed by atoms with Crippen molar-refractivity contribution in [3.8, 4) is 5.75 Å². The molecule has 0 aliphatic heterocycles. The fourth-order valence-corrected chi connectivity index (χ4v) is 1.41. The number of carboxylic acids is 1. The van der Waals surface area contributed by atoms with E-state index in [1.165, 1.54) is 18.4 Å². The van der Waals surface area contributed by atoms with Crippen molar-refractivity contribution in [2.45, 2.75) is 0 Å². The molecule has 0 aliphatic carbocycles. The summed E-state index contributed by atoms with van der Waals surface area (Å²) in [4.78, 5) is 22.1. The van der Waals surface area contributed by atoms with E-state index in [-0.39, 0.29) is 5.58 Å². The number of ether oxygens (including phenoxy) is 1. The van der Waals surface area contributed by atoms with Crippen LogP contribution in [-0.2, 0) is 0 Å². The van der Waals surface area contributed by atoms with Gasteiger partial charge in [0.15, 0.2) is 0 Å². The number of fused-ring (bicyclic) bond motifs is 1. The molecule has 1 aromatic heterocycles. The minimum absolute atomic E-state index is 0.263. The molecule has 0 atom stereocenters. The zero-order valence-corrected chi connectivity index (χ0v) is 8.67. The van der Waals surface area contributed by atoms with Crippen LogP contribution in [0.3, 0.4) is 0 Å². The minimum atomic E-state index is -1.31. The molecule has 1 heterocycles. The molecular formula is C12H8O5. The maximum Gasteiger partial charge on any atom is 0.351 e. The average molecular weight is 232 g/mol. The normalized spacial score (nSPS) is 10.1. The Morgan fingerprint density at radius 3 is 2.82 bits per heavy atom. The van der Waals surface area contributed by atoms with Gasteiger partial charge in [-0.25, -0.2) is 9.59 Å². The highest BCUT2D eigenvalue weighted by Gasteiger charge is 2.12. The Kier molecular flexibility index (Phi) is 2.66. The molecule has 0 unspecified atom stereocenters. The first kappa shape index (κ1) is 10.9. The first-order valence-electron chi connectivity index (χ1n) is 4.70. The quantitative estimate of drug-likeness (QED) is 0.647. The van der Waals surface area contributed by atoms with Crippen molar-refractivity contribution in [3.05, 3.63) is 53.1 Å². The molecule has 0 aliphatic rings. The van der Waals surface area contributed by atoms with Crippen LogP contribution < -0.4 is 10.4 Å². The number of hydrogen-bond donors (Lipinski definition) is 1. The summed E-state index contributed by atoms with van der Waals surface area (Å²) >= 11 is 0. The summed E-state index contributed by atoms with van der Waals surface area (Å²) in [5.41, 5.74) is -1.02. The van der Waals surface area contributed by atoms with Crippen molar-refractivity contribution in [1.82, 2.24) is 0 Å². The molecule has 2 rings (SSSR count). The summed E-state index contributed by atoms with van der Waals surface area (Å²) in [6.45, 7) is 3.40. The van der Waals surface area contributed by atoms with Crippen molar-refractivity contribution in [3.63, 3.8) is 0 Å². The van der Waals surface area contributed by atoms with Crippen LogP contribution in [0.15, 0.2) is 46.3 Å². The zero-order chi connectivity index (χ0) is 12.4. The highest BCUT2D eigenvalue weighted by atomic mass is 16.5. The second-order valence-electron chi connectivity index (χ2n) is 3.24. The summed E-state index contributed by atoms with van der Waals surface area (Å²) < 4.78 is 9.91. The lowest BCUT2D eigenvalue weighted by molar-refractivity contribution is 0.0692. The summed E-state index contributed by atoms with van der Waals surface area (Å²) in [6.07, 6.45) is 1.24. The third kappa shape index (κ3) is 2.03. The fourth-order valence-electron chi connectivity index (χ4n) is 1.41. The predicted molar refractivity (Wildman–Crippen MR) is 60.3 cm³/mol. The Morgan fingerprint density at radius 1 is 1.41 bits per heavy atom. The summed E-state index contributed by atoms with van der Waals surface area (Å²) in [5.74, 6) is -0.856. The number of benzene rings is 1. The fraction of sp³-hybridized carbons (Fsp3) is 0. The second kappa shape index (κ2) is 4.13. The first-order chi connectivity index (χ1) is 8.11. The molecule has 2 aromatic rings. The van der Waals surface area contributed by atoms with Gasteiger partial charge in [-0.3, -0.25) is 0 Å². The van der Waals surface area contributed by atoms with E-state index >= 15 is 0 Å². The lowest BCUT2D eigenvalue weighted by atomic mass is 10.2. The van der Waals surface area contributed by atoms with Gasteiger partial charge in [0.05, 0.1) is 6.26 Å². The number of hydrogen-bond acceptors (Lipinski definition) is 4. The van der Waals surface area contributed by atoms with E-state index in [1.54, 1.807) is 12.1 Å². The molecule has 86 valence electrons. The second-order valence-corrected chi connectivity index (χ2v) is 3.24. The van der Waals surface area contributed by atoms with Crippen LogP contribution >= 0.6 is 0 Å². The van der Waals surface area contributed by atoms with Crippen molar-refractivity contribution in [2.24, 2.45) is 0 Å². The molecule has 17 heavy (non-hydrogen) atoms. The third-order valence-corrected chi connectivity index (χ3v) is 2.16. The van der Waals surface area contributed by atoms with E-state index in [4.69, 9.17) is 14.3 Å². The van der Waals surface area contributed by atoms with Gasteiger partial charge < -0.3 is 14.3 Å². The number of carbonyl (C=O) groups is 1. The number of rotatable bonds is 3. The van der Waals surface area contributed by atoms with Gasteiger partial charge in [-0.05, 0) is 18.2 Å². The van der Waals surface area contributed by atoms with Crippen molar-refractivity contribution in [2.75, 3.05) is 0 Å². The summed E-state index contributed by atoms with van der Waals surface area (Å²) in [5, 5.41) is 9.28. The van der Waals surface area contributed by atoms with E-state index < -0.39 is 17.2 Å². The standard InChI is InChI=1S/C12H8O5/c1-2-16-8-4-3-7-5-9(11(13)14)12(15)17-10(7)6-8/h2-6H,1H2,(H,13,14). The van der Waals surface area contributed by atoms with Gasteiger partial charge in [-0.15, -0.1) is 0 Å². The molecule has 0 saturated carbocycles.